The van der Waals surface area contributed by atoms with Crippen LogP contribution in [0, 0.1) is 5.82 Å². The Bertz CT molecular complexity index is 955. The first-order chi connectivity index (χ1) is 13.5. The Balaban J connectivity index is 1.55. The number of aromatic nitrogens is 1. The molecule has 0 radical (unpaired) electrons. The summed E-state index contributed by atoms with van der Waals surface area (Å²) < 4.78 is 12.9. The number of carbonyl (C=O) groups is 2. The molecule has 28 heavy (non-hydrogen) atoms. The normalized spacial score (nSPS) is 10.2. The minimum absolute atomic E-state index is 0.123. The quantitative estimate of drug-likeness (QED) is 0.603. The largest absolute Gasteiger partial charge is 0.354 e. The van der Waals surface area contributed by atoms with Gasteiger partial charge in [0.15, 0.2) is 0 Å². The van der Waals surface area contributed by atoms with E-state index in [-0.39, 0.29) is 24.1 Å². The number of nitrogens with zero attached hydrogens (tertiary/aromatic N) is 1. The van der Waals surface area contributed by atoms with Gasteiger partial charge in [-0.3, -0.25) is 9.59 Å². The van der Waals surface area contributed by atoms with Crippen LogP contribution in [0.1, 0.15) is 12.5 Å². The van der Waals surface area contributed by atoms with E-state index in [1.807, 2.05) is 12.1 Å². The van der Waals surface area contributed by atoms with Crippen molar-refractivity contribution in [3.8, 4) is 0 Å². The fourth-order valence-corrected chi connectivity index (χ4v) is 2.52. The summed E-state index contributed by atoms with van der Waals surface area (Å²) in [4.78, 5) is 27.3. The lowest BCUT2D eigenvalue weighted by atomic mass is 10.1. The molecular formula is C21H19FN4O2. The van der Waals surface area contributed by atoms with E-state index in [0.29, 0.717) is 5.82 Å². The van der Waals surface area contributed by atoms with Crippen molar-refractivity contribution in [2.24, 2.45) is 0 Å². The van der Waals surface area contributed by atoms with E-state index in [1.165, 1.54) is 19.1 Å². The number of benzene rings is 2. The van der Waals surface area contributed by atoms with Gasteiger partial charge < -0.3 is 16.0 Å². The highest BCUT2D eigenvalue weighted by Crippen LogP contribution is 2.19. The number of hydrogen-bond acceptors (Lipinski definition) is 4. The lowest BCUT2D eigenvalue weighted by Crippen LogP contribution is -2.15. The van der Waals surface area contributed by atoms with Crippen LogP contribution < -0.4 is 16.0 Å². The predicted molar refractivity (Wildman–Crippen MR) is 107 cm³/mol. The molecule has 3 aromatic rings. The number of anilines is 4. The third-order valence-electron chi connectivity index (χ3n) is 3.80. The van der Waals surface area contributed by atoms with E-state index in [9.17, 15) is 14.0 Å². The fourth-order valence-electron chi connectivity index (χ4n) is 2.52. The van der Waals surface area contributed by atoms with Crippen LogP contribution in [-0.2, 0) is 16.0 Å². The van der Waals surface area contributed by atoms with Gasteiger partial charge in [0.05, 0.1) is 18.3 Å². The molecule has 0 unspecified atom stereocenters. The Morgan fingerprint density at radius 1 is 0.857 bits per heavy atom. The van der Waals surface area contributed by atoms with Gasteiger partial charge in [-0.15, -0.1) is 0 Å². The smallest absolute Gasteiger partial charge is 0.229 e. The van der Waals surface area contributed by atoms with Crippen molar-refractivity contribution in [3.05, 3.63) is 78.2 Å². The molecule has 0 saturated carbocycles. The van der Waals surface area contributed by atoms with Crippen LogP contribution in [0.3, 0.4) is 0 Å². The van der Waals surface area contributed by atoms with Gasteiger partial charge in [0.25, 0.3) is 0 Å². The minimum Gasteiger partial charge on any atom is -0.354 e. The first kappa shape index (κ1) is 19.0. The van der Waals surface area contributed by atoms with E-state index in [4.69, 9.17) is 0 Å². The van der Waals surface area contributed by atoms with Crippen LogP contribution in [-0.4, -0.2) is 16.8 Å². The van der Waals surface area contributed by atoms with Crippen LogP contribution in [0.15, 0.2) is 66.9 Å². The van der Waals surface area contributed by atoms with Crippen molar-refractivity contribution in [3.63, 3.8) is 0 Å². The maximum absolute atomic E-state index is 12.9. The molecule has 0 aliphatic heterocycles. The van der Waals surface area contributed by atoms with E-state index in [1.54, 1.807) is 42.6 Å². The highest BCUT2D eigenvalue weighted by atomic mass is 19.1. The molecule has 0 saturated heterocycles. The van der Waals surface area contributed by atoms with Crippen LogP contribution >= 0.6 is 0 Å². The van der Waals surface area contributed by atoms with Crippen molar-refractivity contribution in [1.82, 2.24) is 4.98 Å². The zero-order chi connectivity index (χ0) is 19.9. The molecule has 0 atom stereocenters. The number of hydrogen-bond donors (Lipinski definition) is 3. The summed E-state index contributed by atoms with van der Waals surface area (Å²) >= 11 is 0. The Morgan fingerprint density at radius 3 is 2.11 bits per heavy atom. The van der Waals surface area contributed by atoms with Crippen LogP contribution in [0.4, 0.5) is 27.3 Å². The molecule has 3 rings (SSSR count). The molecule has 3 N–H and O–H groups in total. The van der Waals surface area contributed by atoms with Gasteiger partial charge in [-0.2, -0.15) is 0 Å². The molecule has 0 aliphatic carbocycles. The average molecular weight is 378 g/mol. The standard InChI is InChI=1S/C21H19FN4O2/c1-14(27)24-17-6-8-18(9-7-17)25-19-10-11-20(23-13-19)26-21(28)12-15-2-4-16(22)5-3-15/h2-11,13,25H,12H2,1H3,(H,24,27)(H,23,26,28). The van der Waals surface area contributed by atoms with E-state index >= 15 is 0 Å². The van der Waals surface area contributed by atoms with E-state index in [2.05, 4.69) is 20.9 Å². The van der Waals surface area contributed by atoms with Crippen molar-refractivity contribution in [1.29, 1.82) is 0 Å². The van der Waals surface area contributed by atoms with Crippen LogP contribution in [0.2, 0.25) is 0 Å². The summed E-state index contributed by atoms with van der Waals surface area (Å²) in [6.07, 6.45) is 1.75. The molecule has 7 heteroatoms. The van der Waals surface area contributed by atoms with Gasteiger partial charge in [0.1, 0.15) is 11.6 Å². The topological polar surface area (TPSA) is 83.1 Å². The summed E-state index contributed by atoms with van der Waals surface area (Å²) in [5.41, 5.74) is 3.03. The number of amides is 2. The van der Waals surface area contributed by atoms with Crippen molar-refractivity contribution < 1.29 is 14.0 Å². The summed E-state index contributed by atoms with van der Waals surface area (Å²) in [7, 11) is 0. The molecule has 6 nitrogen and oxygen atoms in total. The second-order valence-corrected chi connectivity index (χ2v) is 6.17. The second kappa shape index (κ2) is 8.77. The molecular weight excluding hydrogens is 359 g/mol. The summed E-state index contributed by atoms with van der Waals surface area (Å²) in [5.74, 6) is -0.257. The van der Waals surface area contributed by atoms with Crippen molar-refractivity contribution >= 4 is 34.7 Å². The first-order valence-electron chi connectivity index (χ1n) is 8.63. The molecule has 2 amide bonds. The monoisotopic (exact) mass is 378 g/mol. The van der Waals surface area contributed by atoms with Gasteiger partial charge >= 0.3 is 0 Å². The minimum atomic E-state index is -0.335. The average Bonchev–Trinajstić information content (AvgIpc) is 2.66. The molecule has 0 spiro atoms. The summed E-state index contributed by atoms with van der Waals surface area (Å²) in [6, 6.07) is 16.5. The van der Waals surface area contributed by atoms with E-state index < -0.39 is 0 Å². The Hall–Kier alpha value is -3.74. The Labute approximate surface area is 161 Å². The Morgan fingerprint density at radius 2 is 1.50 bits per heavy atom. The molecule has 1 heterocycles. The van der Waals surface area contributed by atoms with Gasteiger partial charge in [0.2, 0.25) is 11.8 Å². The highest BCUT2D eigenvalue weighted by molar-refractivity contribution is 5.91. The third-order valence-corrected chi connectivity index (χ3v) is 3.80. The fraction of sp³-hybridized carbons (Fsp3) is 0.0952. The molecule has 0 aliphatic rings. The zero-order valence-corrected chi connectivity index (χ0v) is 15.2. The number of carbonyl (C=O) groups excluding carboxylic acids is 2. The molecule has 0 bridgehead atoms. The van der Waals surface area contributed by atoms with Crippen molar-refractivity contribution in [2.45, 2.75) is 13.3 Å². The third kappa shape index (κ3) is 5.63. The van der Waals surface area contributed by atoms with E-state index in [0.717, 1.165) is 22.6 Å². The van der Waals surface area contributed by atoms with Gasteiger partial charge in [-0.25, -0.2) is 9.37 Å². The predicted octanol–water partition coefficient (Wildman–Crippen LogP) is 4.10. The number of rotatable bonds is 6. The lowest BCUT2D eigenvalue weighted by molar-refractivity contribution is -0.116. The molecule has 142 valence electrons. The summed E-state index contributed by atoms with van der Waals surface area (Å²) in [5, 5.41) is 8.60. The maximum atomic E-state index is 12.9. The number of halogens is 1. The molecule has 0 fully saturated rings. The Kier molecular flexibility index (Phi) is 5.96. The van der Waals surface area contributed by atoms with Crippen LogP contribution in [0.5, 0.6) is 0 Å². The SMILES string of the molecule is CC(=O)Nc1ccc(Nc2ccc(NC(=O)Cc3ccc(F)cc3)nc2)cc1. The lowest BCUT2D eigenvalue weighted by Gasteiger charge is -2.09. The number of nitrogens with one attached hydrogen (secondary N) is 3. The van der Waals surface area contributed by atoms with Crippen LogP contribution in [0.25, 0.3) is 0 Å². The van der Waals surface area contributed by atoms with Crippen molar-refractivity contribution in [2.75, 3.05) is 16.0 Å². The molecule has 2 aromatic carbocycles. The maximum Gasteiger partial charge on any atom is 0.229 e. The summed E-state index contributed by atoms with van der Waals surface area (Å²) in [6.45, 7) is 1.46. The second-order valence-electron chi connectivity index (χ2n) is 6.17. The first-order valence-corrected chi connectivity index (χ1v) is 8.63. The number of pyridine rings is 1. The zero-order valence-electron chi connectivity index (χ0n) is 15.2. The molecule has 1 aromatic heterocycles. The van der Waals surface area contributed by atoms with Gasteiger partial charge in [0, 0.05) is 18.3 Å². The van der Waals surface area contributed by atoms with Gasteiger partial charge in [-0.1, -0.05) is 12.1 Å². The highest BCUT2D eigenvalue weighted by Gasteiger charge is 2.06. The van der Waals surface area contributed by atoms with Gasteiger partial charge in [-0.05, 0) is 54.1 Å².